The molecule has 0 aliphatic rings. The van der Waals surface area contributed by atoms with Crippen LogP contribution >= 0.6 is 23.2 Å². The van der Waals surface area contributed by atoms with Crippen molar-refractivity contribution >= 4 is 23.2 Å². The van der Waals surface area contributed by atoms with Gasteiger partial charge in [0.05, 0.1) is 19.6 Å². The van der Waals surface area contributed by atoms with E-state index in [0.29, 0.717) is 22.6 Å². The first-order valence-electron chi connectivity index (χ1n) is 6.29. The van der Waals surface area contributed by atoms with Gasteiger partial charge in [0.1, 0.15) is 17.3 Å². The van der Waals surface area contributed by atoms with Crippen molar-refractivity contribution in [1.29, 1.82) is 0 Å². The Morgan fingerprint density at radius 3 is 2.38 bits per heavy atom. The minimum absolute atomic E-state index is 0.288. The maximum absolute atomic E-state index is 13.5. The minimum Gasteiger partial charge on any atom is -0.497 e. The van der Waals surface area contributed by atoms with Crippen LogP contribution < -0.4 is 9.47 Å². The molecule has 2 nitrogen and oxygen atoms in total. The number of hydrogen-bond acceptors (Lipinski definition) is 2. The number of aryl methyl sites for hydroxylation is 1. The van der Waals surface area contributed by atoms with Crippen LogP contribution in [0.25, 0.3) is 0 Å². The van der Waals surface area contributed by atoms with Crippen molar-refractivity contribution in [3.05, 3.63) is 57.9 Å². The summed E-state index contributed by atoms with van der Waals surface area (Å²) in [6.07, 6.45) is 0. The molecule has 5 heteroatoms. The summed E-state index contributed by atoms with van der Waals surface area (Å²) in [6.45, 7) is 1.67. The molecule has 0 N–H and O–H groups in total. The van der Waals surface area contributed by atoms with Crippen LogP contribution in [0.5, 0.6) is 11.5 Å². The van der Waals surface area contributed by atoms with E-state index in [4.69, 9.17) is 32.7 Å². The maximum atomic E-state index is 13.5. The van der Waals surface area contributed by atoms with Crippen molar-refractivity contribution in [2.75, 3.05) is 14.2 Å². The summed E-state index contributed by atoms with van der Waals surface area (Å²) >= 11 is 12.6. The third kappa shape index (κ3) is 3.25. The molecule has 0 aromatic heterocycles. The third-order valence-electron chi connectivity index (χ3n) is 3.26. The van der Waals surface area contributed by atoms with E-state index in [1.807, 2.05) is 6.07 Å². The van der Waals surface area contributed by atoms with E-state index in [-0.39, 0.29) is 10.8 Å². The fourth-order valence-electron chi connectivity index (χ4n) is 2.07. The zero-order valence-electron chi connectivity index (χ0n) is 11.9. The van der Waals surface area contributed by atoms with Gasteiger partial charge in [0, 0.05) is 16.7 Å². The molecule has 0 aliphatic heterocycles. The SMILES string of the molecule is COc1ccc(C(Cl)c2cc(C)c(F)cc2Cl)c(OC)c1. The molecule has 2 rings (SSSR count). The van der Waals surface area contributed by atoms with Crippen molar-refractivity contribution in [2.45, 2.75) is 12.3 Å². The van der Waals surface area contributed by atoms with Crippen molar-refractivity contribution in [3.63, 3.8) is 0 Å². The Morgan fingerprint density at radius 1 is 1.05 bits per heavy atom. The van der Waals surface area contributed by atoms with Gasteiger partial charge in [0.2, 0.25) is 0 Å². The second-order valence-electron chi connectivity index (χ2n) is 4.59. The molecule has 0 saturated heterocycles. The molecule has 0 radical (unpaired) electrons. The smallest absolute Gasteiger partial charge is 0.127 e. The van der Waals surface area contributed by atoms with Crippen molar-refractivity contribution < 1.29 is 13.9 Å². The highest BCUT2D eigenvalue weighted by Crippen LogP contribution is 2.40. The Bertz CT molecular complexity index is 659. The first kappa shape index (κ1) is 15.9. The quantitative estimate of drug-likeness (QED) is 0.724. The van der Waals surface area contributed by atoms with E-state index in [2.05, 4.69) is 0 Å². The normalized spacial score (nSPS) is 12.1. The summed E-state index contributed by atoms with van der Waals surface area (Å²) in [4.78, 5) is 0. The van der Waals surface area contributed by atoms with Gasteiger partial charge in [-0.25, -0.2) is 4.39 Å². The van der Waals surface area contributed by atoms with Crippen LogP contribution in [-0.4, -0.2) is 14.2 Å². The summed E-state index contributed by atoms with van der Waals surface area (Å²) in [5.41, 5.74) is 1.88. The summed E-state index contributed by atoms with van der Waals surface area (Å²) in [7, 11) is 3.13. The Balaban J connectivity index is 2.49. The first-order chi connectivity index (χ1) is 9.97. The van der Waals surface area contributed by atoms with Gasteiger partial charge < -0.3 is 9.47 Å². The molecule has 0 fully saturated rings. The number of benzene rings is 2. The molecule has 0 bridgehead atoms. The molecule has 0 spiro atoms. The maximum Gasteiger partial charge on any atom is 0.127 e. The summed E-state index contributed by atoms with van der Waals surface area (Å²) in [5.74, 6) is 0.905. The van der Waals surface area contributed by atoms with Gasteiger partial charge in [-0.15, -0.1) is 11.6 Å². The van der Waals surface area contributed by atoms with E-state index in [1.54, 1.807) is 39.3 Å². The lowest BCUT2D eigenvalue weighted by atomic mass is 10.0. The molecule has 0 saturated carbocycles. The topological polar surface area (TPSA) is 18.5 Å². The highest BCUT2D eigenvalue weighted by Gasteiger charge is 2.20. The minimum atomic E-state index is -0.544. The highest BCUT2D eigenvalue weighted by atomic mass is 35.5. The largest absolute Gasteiger partial charge is 0.497 e. The monoisotopic (exact) mass is 328 g/mol. The number of rotatable bonds is 4. The molecular formula is C16H15Cl2FO2. The summed E-state index contributed by atoms with van der Waals surface area (Å²) in [6, 6.07) is 8.27. The number of hydrogen-bond donors (Lipinski definition) is 0. The number of methoxy groups -OCH3 is 2. The highest BCUT2D eigenvalue weighted by molar-refractivity contribution is 6.33. The van der Waals surface area contributed by atoms with E-state index in [9.17, 15) is 4.39 Å². The second-order valence-corrected chi connectivity index (χ2v) is 5.44. The number of ether oxygens (including phenoxy) is 2. The second kappa shape index (κ2) is 6.54. The predicted molar refractivity (Wildman–Crippen MR) is 83.4 cm³/mol. The van der Waals surface area contributed by atoms with Gasteiger partial charge in [-0.1, -0.05) is 11.6 Å². The molecule has 2 aromatic carbocycles. The van der Waals surface area contributed by atoms with Crippen LogP contribution in [0.2, 0.25) is 5.02 Å². The first-order valence-corrected chi connectivity index (χ1v) is 7.11. The van der Waals surface area contributed by atoms with Gasteiger partial charge in [-0.2, -0.15) is 0 Å². The van der Waals surface area contributed by atoms with Gasteiger partial charge in [0.25, 0.3) is 0 Å². The Kier molecular flexibility index (Phi) is 4.96. The molecule has 1 atom stereocenters. The van der Waals surface area contributed by atoms with E-state index in [1.165, 1.54) is 6.07 Å². The standard InChI is InChI=1S/C16H15Cl2FO2/c1-9-6-12(13(17)8-14(9)19)16(18)11-5-4-10(20-2)7-15(11)21-3/h4-8,16H,1-3H3. The van der Waals surface area contributed by atoms with Gasteiger partial charge in [0.15, 0.2) is 0 Å². The lowest BCUT2D eigenvalue weighted by Gasteiger charge is -2.17. The van der Waals surface area contributed by atoms with Crippen LogP contribution in [0.15, 0.2) is 30.3 Å². The van der Waals surface area contributed by atoms with Crippen LogP contribution in [0.3, 0.4) is 0 Å². The molecule has 112 valence electrons. The van der Waals surface area contributed by atoms with Gasteiger partial charge >= 0.3 is 0 Å². The molecule has 21 heavy (non-hydrogen) atoms. The van der Waals surface area contributed by atoms with Crippen LogP contribution in [0, 0.1) is 12.7 Å². The summed E-state index contributed by atoms with van der Waals surface area (Å²) < 4.78 is 24.0. The number of halogens is 3. The molecular weight excluding hydrogens is 314 g/mol. The predicted octanol–water partition coefficient (Wildman–Crippen LogP) is 5.13. The van der Waals surface area contributed by atoms with Gasteiger partial charge in [-0.05, 0) is 42.3 Å². The average molecular weight is 329 g/mol. The fraction of sp³-hybridized carbons (Fsp3) is 0.250. The molecule has 1 unspecified atom stereocenters. The van der Waals surface area contributed by atoms with Crippen LogP contribution in [0.4, 0.5) is 4.39 Å². The van der Waals surface area contributed by atoms with E-state index >= 15 is 0 Å². The van der Waals surface area contributed by atoms with Crippen LogP contribution in [-0.2, 0) is 0 Å². The van der Waals surface area contributed by atoms with Crippen molar-refractivity contribution in [1.82, 2.24) is 0 Å². The van der Waals surface area contributed by atoms with Crippen molar-refractivity contribution in [3.8, 4) is 11.5 Å². The Morgan fingerprint density at radius 2 is 1.76 bits per heavy atom. The molecule has 0 aliphatic carbocycles. The molecule has 0 amide bonds. The van der Waals surface area contributed by atoms with E-state index in [0.717, 1.165) is 5.56 Å². The third-order valence-corrected chi connectivity index (χ3v) is 4.06. The summed E-state index contributed by atoms with van der Waals surface area (Å²) in [5, 5.41) is -0.256. The fourth-order valence-corrected chi connectivity index (χ4v) is 2.75. The molecule has 2 aromatic rings. The molecule has 0 heterocycles. The average Bonchev–Trinajstić information content (AvgIpc) is 2.49. The zero-order valence-corrected chi connectivity index (χ0v) is 13.4. The van der Waals surface area contributed by atoms with Crippen molar-refractivity contribution in [2.24, 2.45) is 0 Å². The Labute approximate surface area is 133 Å². The number of alkyl halides is 1. The lowest BCUT2D eigenvalue weighted by Crippen LogP contribution is -2.00. The lowest BCUT2D eigenvalue weighted by molar-refractivity contribution is 0.391. The zero-order chi connectivity index (χ0) is 15.6. The Hall–Kier alpha value is -1.45. The van der Waals surface area contributed by atoms with E-state index < -0.39 is 5.38 Å². The van der Waals surface area contributed by atoms with Crippen LogP contribution in [0.1, 0.15) is 22.1 Å². The van der Waals surface area contributed by atoms with Gasteiger partial charge in [-0.3, -0.25) is 0 Å².